The van der Waals surface area contributed by atoms with Gasteiger partial charge in [0, 0.05) is 26.2 Å². The third-order valence-corrected chi connectivity index (χ3v) is 3.21. The standard InChI is InChI=1S/C16H21FN4O2.HI/c1-4-18-16(19-10-13-7-8-23-20-13)21(2)11-12-5-6-15(22-3)14(17)9-12;/h5-9H,4,10-11H2,1-3H3,(H,18,19);1H. The first-order chi connectivity index (χ1) is 11.1. The third-order valence-electron chi connectivity index (χ3n) is 3.21. The second-order valence-electron chi connectivity index (χ2n) is 4.99. The van der Waals surface area contributed by atoms with Crippen LogP contribution in [0, 0.1) is 5.82 Å². The van der Waals surface area contributed by atoms with E-state index in [1.54, 1.807) is 12.1 Å². The van der Waals surface area contributed by atoms with E-state index in [2.05, 4.69) is 15.5 Å². The van der Waals surface area contributed by atoms with Crippen LogP contribution in [0.5, 0.6) is 5.75 Å². The van der Waals surface area contributed by atoms with Gasteiger partial charge in [-0.05, 0) is 24.6 Å². The first-order valence-electron chi connectivity index (χ1n) is 7.35. The Morgan fingerprint density at radius 2 is 2.21 bits per heavy atom. The van der Waals surface area contributed by atoms with Crippen LogP contribution in [0.2, 0.25) is 0 Å². The van der Waals surface area contributed by atoms with E-state index in [4.69, 9.17) is 9.26 Å². The number of aromatic nitrogens is 1. The number of methoxy groups -OCH3 is 1. The lowest BCUT2D eigenvalue weighted by molar-refractivity contribution is 0.385. The molecule has 0 spiro atoms. The van der Waals surface area contributed by atoms with Gasteiger partial charge in [-0.3, -0.25) is 0 Å². The summed E-state index contributed by atoms with van der Waals surface area (Å²) in [6, 6.07) is 6.69. The van der Waals surface area contributed by atoms with Crippen molar-refractivity contribution in [2.24, 2.45) is 4.99 Å². The van der Waals surface area contributed by atoms with E-state index >= 15 is 0 Å². The average molecular weight is 448 g/mol. The lowest BCUT2D eigenvalue weighted by atomic mass is 10.2. The fourth-order valence-electron chi connectivity index (χ4n) is 2.10. The molecule has 0 radical (unpaired) electrons. The van der Waals surface area contributed by atoms with Crippen LogP contribution in [0.25, 0.3) is 0 Å². The van der Waals surface area contributed by atoms with Crippen LogP contribution in [0.3, 0.4) is 0 Å². The Morgan fingerprint density at radius 3 is 2.79 bits per heavy atom. The van der Waals surface area contributed by atoms with E-state index in [1.807, 2.05) is 24.9 Å². The summed E-state index contributed by atoms with van der Waals surface area (Å²) in [7, 11) is 3.34. The van der Waals surface area contributed by atoms with Crippen LogP contribution in [0.1, 0.15) is 18.2 Å². The van der Waals surface area contributed by atoms with E-state index in [0.29, 0.717) is 19.0 Å². The molecule has 2 aromatic rings. The van der Waals surface area contributed by atoms with Crippen molar-refractivity contribution in [3.8, 4) is 5.75 Å². The minimum atomic E-state index is -0.372. The summed E-state index contributed by atoms with van der Waals surface area (Å²) in [5.74, 6) is 0.581. The first kappa shape index (κ1) is 20.2. The van der Waals surface area contributed by atoms with Gasteiger partial charge < -0.3 is 19.5 Å². The summed E-state index contributed by atoms with van der Waals surface area (Å²) >= 11 is 0. The molecule has 0 atom stereocenters. The Kier molecular flexibility index (Phi) is 8.51. The zero-order chi connectivity index (χ0) is 16.7. The Morgan fingerprint density at radius 1 is 1.42 bits per heavy atom. The smallest absolute Gasteiger partial charge is 0.194 e. The highest BCUT2D eigenvalue weighted by Crippen LogP contribution is 2.18. The molecule has 6 nitrogen and oxygen atoms in total. The van der Waals surface area contributed by atoms with Crippen LogP contribution < -0.4 is 10.1 Å². The summed E-state index contributed by atoms with van der Waals surface area (Å²) < 4.78 is 23.5. The van der Waals surface area contributed by atoms with Crippen LogP contribution in [-0.4, -0.2) is 36.7 Å². The van der Waals surface area contributed by atoms with Gasteiger partial charge in [0.05, 0.1) is 13.7 Å². The van der Waals surface area contributed by atoms with Crippen molar-refractivity contribution in [1.82, 2.24) is 15.4 Å². The van der Waals surface area contributed by atoms with E-state index in [0.717, 1.165) is 17.8 Å². The Labute approximate surface area is 158 Å². The van der Waals surface area contributed by atoms with Crippen LogP contribution in [0.15, 0.2) is 40.0 Å². The minimum absolute atomic E-state index is 0. The molecular weight excluding hydrogens is 426 g/mol. The molecule has 1 aromatic carbocycles. The van der Waals surface area contributed by atoms with Crippen LogP contribution in [0.4, 0.5) is 4.39 Å². The van der Waals surface area contributed by atoms with E-state index in [-0.39, 0.29) is 35.5 Å². The topological polar surface area (TPSA) is 62.9 Å². The van der Waals surface area contributed by atoms with Crippen molar-refractivity contribution in [1.29, 1.82) is 0 Å². The van der Waals surface area contributed by atoms with Gasteiger partial charge in [-0.1, -0.05) is 11.2 Å². The van der Waals surface area contributed by atoms with Crippen molar-refractivity contribution in [3.05, 3.63) is 47.6 Å². The number of hydrogen-bond donors (Lipinski definition) is 1. The average Bonchev–Trinajstić information content (AvgIpc) is 3.05. The second kappa shape index (κ2) is 10.1. The molecule has 0 aliphatic heterocycles. The molecule has 0 fully saturated rings. The Balaban J connectivity index is 0.00000288. The van der Waals surface area contributed by atoms with E-state index in [1.165, 1.54) is 19.4 Å². The number of guanidine groups is 1. The van der Waals surface area contributed by atoms with Gasteiger partial charge in [0.25, 0.3) is 0 Å². The maximum Gasteiger partial charge on any atom is 0.194 e. The van der Waals surface area contributed by atoms with E-state index < -0.39 is 0 Å². The number of benzene rings is 1. The van der Waals surface area contributed by atoms with Crippen molar-refractivity contribution in [2.45, 2.75) is 20.0 Å². The zero-order valence-electron chi connectivity index (χ0n) is 14.0. The van der Waals surface area contributed by atoms with Crippen molar-refractivity contribution in [3.63, 3.8) is 0 Å². The predicted octanol–water partition coefficient (Wildman–Crippen LogP) is 3.04. The number of halogens is 2. The van der Waals surface area contributed by atoms with Gasteiger partial charge >= 0.3 is 0 Å². The Hall–Kier alpha value is -1.84. The zero-order valence-corrected chi connectivity index (χ0v) is 16.3. The normalized spacial score (nSPS) is 10.9. The van der Waals surface area contributed by atoms with Gasteiger partial charge in [-0.15, -0.1) is 24.0 Å². The SMILES string of the molecule is CCNC(=NCc1ccon1)N(C)Cc1ccc(OC)c(F)c1.I. The maximum absolute atomic E-state index is 13.8. The van der Waals surface area contributed by atoms with Crippen molar-refractivity contribution >= 4 is 29.9 Å². The number of nitrogens with zero attached hydrogens (tertiary/aromatic N) is 3. The lowest BCUT2D eigenvalue weighted by Crippen LogP contribution is -2.38. The molecule has 8 heteroatoms. The summed E-state index contributed by atoms with van der Waals surface area (Å²) in [4.78, 5) is 6.42. The van der Waals surface area contributed by atoms with Gasteiger partial charge in [0.15, 0.2) is 17.5 Å². The lowest BCUT2D eigenvalue weighted by Gasteiger charge is -2.22. The highest BCUT2D eigenvalue weighted by molar-refractivity contribution is 14.0. The number of hydrogen-bond acceptors (Lipinski definition) is 4. The predicted molar refractivity (Wildman–Crippen MR) is 101 cm³/mol. The fourth-order valence-corrected chi connectivity index (χ4v) is 2.10. The molecule has 24 heavy (non-hydrogen) atoms. The number of ether oxygens (including phenoxy) is 1. The second-order valence-corrected chi connectivity index (χ2v) is 4.99. The summed E-state index contributed by atoms with van der Waals surface area (Å²) in [5, 5.41) is 7.03. The highest BCUT2D eigenvalue weighted by Gasteiger charge is 2.09. The molecule has 1 aromatic heterocycles. The molecule has 2 rings (SSSR count). The maximum atomic E-state index is 13.8. The molecule has 0 unspecified atom stereocenters. The fraction of sp³-hybridized carbons (Fsp3) is 0.375. The molecule has 132 valence electrons. The highest BCUT2D eigenvalue weighted by atomic mass is 127. The van der Waals surface area contributed by atoms with Crippen LogP contribution >= 0.6 is 24.0 Å². The van der Waals surface area contributed by atoms with Crippen molar-refractivity contribution < 1.29 is 13.7 Å². The number of rotatable bonds is 6. The Bertz CT molecular complexity index is 650. The molecule has 0 saturated carbocycles. The summed E-state index contributed by atoms with van der Waals surface area (Å²) in [5.41, 5.74) is 1.59. The van der Waals surface area contributed by atoms with Crippen LogP contribution in [-0.2, 0) is 13.1 Å². The minimum Gasteiger partial charge on any atom is -0.494 e. The third kappa shape index (κ3) is 5.66. The van der Waals surface area contributed by atoms with Gasteiger partial charge in [-0.25, -0.2) is 9.38 Å². The largest absolute Gasteiger partial charge is 0.494 e. The summed E-state index contributed by atoms with van der Waals surface area (Å²) in [6.07, 6.45) is 1.52. The number of aliphatic imine (C=N–C) groups is 1. The van der Waals surface area contributed by atoms with E-state index in [9.17, 15) is 4.39 Å². The molecule has 0 amide bonds. The summed E-state index contributed by atoms with van der Waals surface area (Å²) in [6.45, 7) is 3.66. The van der Waals surface area contributed by atoms with Gasteiger partial charge in [-0.2, -0.15) is 0 Å². The molecule has 0 bridgehead atoms. The quantitative estimate of drug-likeness (QED) is 0.418. The molecule has 0 saturated heterocycles. The first-order valence-corrected chi connectivity index (χ1v) is 7.35. The van der Waals surface area contributed by atoms with Crippen molar-refractivity contribution in [2.75, 3.05) is 20.7 Å². The molecule has 1 N–H and O–H groups in total. The molecule has 0 aliphatic carbocycles. The molecular formula is C16H22FIN4O2. The van der Waals surface area contributed by atoms with Gasteiger partial charge in [0.2, 0.25) is 0 Å². The van der Waals surface area contributed by atoms with Gasteiger partial charge in [0.1, 0.15) is 12.0 Å². The molecule has 0 aliphatic rings. The molecule has 1 heterocycles. The number of nitrogens with one attached hydrogen (secondary N) is 1. The monoisotopic (exact) mass is 448 g/mol.